The van der Waals surface area contributed by atoms with Crippen molar-refractivity contribution in [3.63, 3.8) is 0 Å². The van der Waals surface area contributed by atoms with Gasteiger partial charge in [0.15, 0.2) is 0 Å². The first-order chi connectivity index (χ1) is 7.04. The minimum atomic E-state index is -3.69. The fourth-order valence-corrected chi connectivity index (χ4v) is 1.15. The van der Waals surface area contributed by atoms with Gasteiger partial charge in [-0.3, -0.25) is 4.79 Å². The predicted octanol–water partition coefficient (Wildman–Crippen LogP) is 1.03. The third-order valence-electron chi connectivity index (χ3n) is 0.885. The summed E-state index contributed by atoms with van der Waals surface area (Å²) in [5.74, 6) is -0.296. The Kier molecular flexibility index (Phi) is 10.5. The van der Waals surface area contributed by atoms with Crippen LogP contribution in [0.3, 0.4) is 0 Å². The minimum Gasteiger partial charge on any atom is -0.483 e. The summed E-state index contributed by atoms with van der Waals surface area (Å²) in [4.78, 5) is 12.9. The molecule has 15 heavy (non-hydrogen) atoms. The highest BCUT2D eigenvalue weighted by atomic mass is 32.2. The Morgan fingerprint density at radius 1 is 1.33 bits per heavy atom. The van der Waals surface area contributed by atoms with Crippen molar-refractivity contribution in [3.05, 3.63) is 20.9 Å². The van der Waals surface area contributed by atoms with Crippen LogP contribution in [-0.2, 0) is 14.8 Å². The lowest BCUT2D eigenvalue weighted by atomic mass is 10.5. The van der Waals surface area contributed by atoms with Crippen molar-refractivity contribution in [1.82, 2.24) is 0 Å². The van der Waals surface area contributed by atoms with Crippen molar-refractivity contribution in [2.45, 2.75) is 6.42 Å². The van der Waals surface area contributed by atoms with Gasteiger partial charge in [-0.25, -0.2) is 8.42 Å². The first kappa shape index (κ1) is 15.5. The molecule has 0 atom stereocenters. The zero-order chi connectivity index (χ0) is 12.2. The standard InChI is InChI=1S/C3H6N6O2S.CH2O2/c4-7-6-2-1-3-12(10,11)9-8-5;2-1-3/h1-3H2;1H,(H,2,3). The molecule has 0 aromatic rings. The Morgan fingerprint density at radius 2 is 1.87 bits per heavy atom. The van der Waals surface area contributed by atoms with Crippen molar-refractivity contribution in [1.29, 1.82) is 0 Å². The molecule has 84 valence electrons. The lowest BCUT2D eigenvalue weighted by Crippen LogP contribution is -2.02. The summed E-state index contributed by atoms with van der Waals surface area (Å²) >= 11 is 0. The Labute approximate surface area is 84.8 Å². The molecular weight excluding hydrogens is 228 g/mol. The van der Waals surface area contributed by atoms with Gasteiger partial charge in [-0.05, 0) is 17.5 Å². The van der Waals surface area contributed by atoms with Crippen LogP contribution in [0, 0.1) is 0 Å². The molecule has 0 aliphatic carbocycles. The van der Waals surface area contributed by atoms with E-state index in [0.29, 0.717) is 0 Å². The lowest BCUT2D eigenvalue weighted by molar-refractivity contribution is -0.122. The van der Waals surface area contributed by atoms with Crippen molar-refractivity contribution in [2.24, 2.45) is 9.63 Å². The molecule has 0 bridgehead atoms. The van der Waals surface area contributed by atoms with Crippen molar-refractivity contribution >= 4 is 16.5 Å². The van der Waals surface area contributed by atoms with Crippen LogP contribution in [0.25, 0.3) is 20.9 Å². The van der Waals surface area contributed by atoms with E-state index in [9.17, 15) is 8.42 Å². The summed E-state index contributed by atoms with van der Waals surface area (Å²) in [5.41, 5.74) is 15.6. The Bertz CT molecular complexity index is 365. The lowest BCUT2D eigenvalue weighted by Gasteiger charge is -1.91. The fraction of sp³-hybridized carbons (Fsp3) is 0.750. The van der Waals surface area contributed by atoms with E-state index >= 15 is 0 Å². The molecule has 0 unspecified atom stereocenters. The van der Waals surface area contributed by atoms with Gasteiger partial charge in [0.2, 0.25) is 10.0 Å². The van der Waals surface area contributed by atoms with Crippen LogP contribution in [0.5, 0.6) is 0 Å². The molecule has 0 saturated carbocycles. The number of carbonyl (C=O) groups is 1. The Hall–Kier alpha value is -1.96. The monoisotopic (exact) mass is 236 g/mol. The van der Waals surface area contributed by atoms with E-state index in [0.717, 1.165) is 0 Å². The highest BCUT2D eigenvalue weighted by Crippen LogP contribution is 1.96. The highest BCUT2D eigenvalue weighted by Gasteiger charge is 2.05. The molecule has 0 spiro atoms. The highest BCUT2D eigenvalue weighted by molar-refractivity contribution is 7.89. The van der Waals surface area contributed by atoms with Crippen molar-refractivity contribution < 1.29 is 18.3 Å². The van der Waals surface area contributed by atoms with Crippen LogP contribution < -0.4 is 0 Å². The first-order valence-corrected chi connectivity index (χ1v) is 5.02. The second kappa shape index (κ2) is 10.1. The average molecular weight is 236 g/mol. The molecule has 11 heteroatoms. The molecule has 0 heterocycles. The number of carboxylic acid groups (broad SMARTS) is 1. The van der Waals surface area contributed by atoms with Crippen LogP contribution in [0.2, 0.25) is 0 Å². The zero-order valence-electron chi connectivity index (χ0n) is 7.46. The Morgan fingerprint density at radius 3 is 2.27 bits per heavy atom. The van der Waals surface area contributed by atoms with Gasteiger partial charge in [0.1, 0.15) is 0 Å². The molecule has 0 fully saturated rings. The van der Waals surface area contributed by atoms with Gasteiger partial charge >= 0.3 is 0 Å². The number of sulfonamides is 1. The third kappa shape index (κ3) is 14.9. The van der Waals surface area contributed by atoms with Gasteiger partial charge in [0.05, 0.1) is 5.75 Å². The first-order valence-electron chi connectivity index (χ1n) is 3.41. The summed E-state index contributed by atoms with van der Waals surface area (Å²) in [6.07, 6.45) is 0.158. The average Bonchev–Trinajstić information content (AvgIpc) is 2.14. The van der Waals surface area contributed by atoms with Gasteiger partial charge in [-0.1, -0.05) is 5.11 Å². The van der Waals surface area contributed by atoms with Gasteiger partial charge < -0.3 is 5.11 Å². The van der Waals surface area contributed by atoms with E-state index in [1.807, 2.05) is 0 Å². The topological polar surface area (TPSA) is 169 Å². The molecule has 0 aromatic heterocycles. The molecule has 0 radical (unpaired) electrons. The van der Waals surface area contributed by atoms with Crippen LogP contribution >= 0.6 is 0 Å². The maximum atomic E-state index is 10.6. The second-order valence-electron chi connectivity index (χ2n) is 1.87. The van der Waals surface area contributed by atoms with E-state index in [1.54, 1.807) is 0 Å². The molecule has 10 nitrogen and oxygen atoms in total. The minimum absolute atomic E-state index is 0.0800. The van der Waals surface area contributed by atoms with Gasteiger partial charge in [-0.15, -0.1) is 0 Å². The summed E-state index contributed by atoms with van der Waals surface area (Å²) in [6.45, 7) is -0.170. The summed E-state index contributed by atoms with van der Waals surface area (Å²) in [6, 6.07) is 0. The van der Waals surface area contributed by atoms with E-state index in [4.69, 9.17) is 21.0 Å². The van der Waals surface area contributed by atoms with Gasteiger partial charge in [-0.2, -0.15) is 0 Å². The molecule has 0 amide bonds. The number of rotatable bonds is 5. The third-order valence-corrected chi connectivity index (χ3v) is 2.01. The molecule has 0 aliphatic rings. The molecule has 1 N–H and O–H groups in total. The maximum Gasteiger partial charge on any atom is 0.290 e. The predicted molar refractivity (Wildman–Crippen MR) is 50.3 cm³/mol. The van der Waals surface area contributed by atoms with Gasteiger partial charge in [0, 0.05) is 20.9 Å². The zero-order valence-corrected chi connectivity index (χ0v) is 8.28. The largest absolute Gasteiger partial charge is 0.483 e. The number of hydrogen-bond donors (Lipinski definition) is 1. The summed E-state index contributed by atoms with van der Waals surface area (Å²) in [7, 11) is -3.69. The molecule has 0 saturated heterocycles. The number of azide groups is 2. The fourth-order valence-electron chi connectivity index (χ4n) is 0.459. The van der Waals surface area contributed by atoms with Crippen LogP contribution in [0.1, 0.15) is 6.42 Å². The molecule has 0 aromatic carbocycles. The second-order valence-corrected chi connectivity index (χ2v) is 3.61. The maximum absolute atomic E-state index is 10.6. The van der Waals surface area contributed by atoms with Crippen molar-refractivity contribution in [3.8, 4) is 0 Å². The molecular formula is C4H8N6O4S. The van der Waals surface area contributed by atoms with E-state index < -0.39 is 10.0 Å². The van der Waals surface area contributed by atoms with E-state index in [1.165, 1.54) is 0 Å². The van der Waals surface area contributed by atoms with E-state index in [-0.39, 0.29) is 25.2 Å². The smallest absolute Gasteiger partial charge is 0.290 e. The quantitative estimate of drug-likeness (QED) is 0.247. The van der Waals surface area contributed by atoms with Crippen LogP contribution in [0.4, 0.5) is 0 Å². The molecule has 0 rings (SSSR count). The SMILES string of the molecule is O=CO.[N-]=[N+]=NCCCS(=O)(=O)N=[N+]=[N-]. The summed E-state index contributed by atoms with van der Waals surface area (Å²) in [5, 5.41) is 10.0. The van der Waals surface area contributed by atoms with Crippen molar-refractivity contribution in [2.75, 3.05) is 12.3 Å². The summed E-state index contributed by atoms with van der Waals surface area (Å²) < 4.78 is 23.8. The van der Waals surface area contributed by atoms with Gasteiger partial charge in [0.25, 0.3) is 6.47 Å². The number of nitrogens with zero attached hydrogens (tertiary/aromatic N) is 6. The normalized spacial score (nSPS) is 8.53. The Balaban J connectivity index is 0. The molecule has 0 aliphatic heterocycles. The van der Waals surface area contributed by atoms with E-state index in [2.05, 4.69) is 19.5 Å². The number of hydrogen-bond acceptors (Lipinski definition) is 4. The van der Waals surface area contributed by atoms with Crippen LogP contribution in [0.15, 0.2) is 9.63 Å². The van der Waals surface area contributed by atoms with Crippen LogP contribution in [-0.4, -0.2) is 32.3 Å².